The average Bonchev–Trinajstić information content (AvgIpc) is 3.01. The zero-order valence-electron chi connectivity index (χ0n) is 13.3. The summed E-state index contributed by atoms with van der Waals surface area (Å²) in [5, 5.41) is 4.86. The molecule has 0 atom stereocenters. The van der Waals surface area contributed by atoms with Gasteiger partial charge in [0.2, 0.25) is 5.82 Å². The van der Waals surface area contributed by atoms with E-state index in [1.165, 1.54) is 4.90 Å². The fraction of sp³-hybridized carbons (Fsp3) is 0.250. The zero-order chi connectivity index (χ0) is 17.1. The zero-order valence-corrected chi connectivity index (χ0v) is 14.1. The van der Waals surface area contributed by atoms with E-state index in [-0.39, 0.29) is 11.7 Å². The Morgan fingerprint density at radius 3 is 2.75 bits per heavy atom. The van der Waals surface area contributed by atoms with Crippen molar-refractivity contribution < 1.29 is 9.53 Å². The number of nitrogens with zero attached hydrogens (tertiary/aromatic N) is 5. The summed E-state index contributed by atoms with van der Waals surface area (Å²) in [6.45, 7) is 2.64. The predicted octanol–water partition coefficient (Wildman–Crippen LogP) is 2.24. The van der Waals surface area contributed by atoms with E-state index in [0.717, 1.165) is 5.69 Å². The summed E-state index contributed by atoms with van der Waals surface area (Å²) in [5.74, 6) is 0.945. The first-order valence-corrected chi connectivity index (χ1v) is 7.74. The molecular weight excluding hydrogens is 330 g/mol. The number of halogens is 1. The van der Waals surface area contributed by atoms with Gasteiger partial charge in [0, 0.05) is 24.0 Å². The summed E-state index contributed by atoms with van der Waals surface area (Å²) in [6, 6.07) is 8.87. The monoisotopic (exact) mass is 345 g/mol. The van der Waals surface area contributed by atoms with Crippen LogP contribution < -0.4 is 4.74 Å². The van der Waals surface area contributed by atoms with Crippen molar-refractivity contribution in [3.05, 3.63) is 53.1 Å². The molecule has 1 aromatic carbocycles. The summed E-state index contributed by atoms with van der Waals surface area (Å²) in [5.41, 5.74) is 0.861. The van der Waals surface area contributed by atoms with Gasteiger partial charge in [0.05, 0.1) is 6.54 Å². The Hall–Kier alpha value is -2.67. The summed E-state index contributed by atoms with van der Waals surface area (Å²) in [7, 11) is 1.68. The van der Waals surface area contributed by atoms with Gasteiger partial charge in [-0.2, -0.15) is 4.98 Å². The number of amides is 1. The average molecular weight is 346 g/mol. The Morgan fingerprint density at radius 2 is 2.04 bits per heavy atom. The molecule has 0 bridgehead atoms. The van der Waals surface area contributed by atoms with Gasteiger partial charge in [0.15, 0.2) is 0 Å². The molecule has 0 aliphatic rings. The molecule has 0 unspecified atom stereocenters. The Labute approximate surface area is 143 Å². The third-order valence-electron chi connectivity index (χ3n) is 3.48. The number of ether oxygens (including phenoxy) is 1. The number of carbonyl (C=O) groups is 1. The number of aryl methyl sites for hydroxylation is 1. The van der Waals surface area contributed by atoms with Crippen molar-refractivity contribution in [2.24, 2.45) is 0 Å². The highest BCUT2D eigenvalue weighted by Gasteiger charge is 2.18. The van der Waals surface area contributed by atoms with Gasteiger partial charge in [0.25, 0.3) is 11.7 Å². The van der Waals surface area contributed by atoms with Gasteiger partial charge in [-0.15, -0.1) is 5.10 Å². The highest BCUT2D eigenvalue weighted by atomic mass is 35.5. The number of hydrogen-bond donors (Lipinski definition) is 0. The van der Waals surface area contributed by atoms with Gasteiger partial charge < -0.3 is 9.64 Å². The Bertz CT molecular complexity index is 863. The number of hydrogen-bond acceptors (Lipinski definition) is 5. The number of aromatic nitrogens is 4. The smallest absolute Gasteiger partial charge is 0.293 e. The van der Waals surface area contributed by atoms with Gasteiger partial charge in [-0.3, -0.25) is 4.79 Å². The molecule has 0 aliphatic heterocycles. The standard InChI is InChI=1S/C16H16ClN5O2/c1-11-7-8-18-16-19-14(20-22(11)16)15(23)21(2)9-10-24-13-5-3-12(17)4-6-13/h3-8H,9-10H2,1-2H3. The van der Waals surface area contributed by atoms with Gasteiger partial charge in [-0.1, -0.05) is 11.6 Å². The van der Waals surface area contributed by atoms with E-state index in [4.69, 9.17) is 16.3 Å². The maximum atomic E-state index is 12.4. The second-order valence-corrected chi connectivity index (χ2v) is 5.70. The number of rotatable bonds is 5. The van der Waals surface area contributed by atoms with Gasteiger partial charge >= 0.3 is 0 Å². The largest absolute Gasteiger partial charge is 0.492 e. The van der Waals surface area contributed by atoms with Crippen LogP contribution in [0, 0.1) is 6.92 Å². The fourth-order valence-corrected chi connectivity index (χ4v) is 2.23. The molecule has 2 heterocycles. The van der Waals surface area contributed by atoms with Crippen molar-refractivity contribution >= 4 is 23.3 Å². The minimum Gasteiger partial charge on any atom is -0.492 e. The second-order valence-electron chi connectivity index (χ2n) is 5.26. The molecule has 24 heavy (non-hydrogen) atoms. The first kappa shape index (κ1) is 16.2. The minimum atomic E-state index is -0.278. The lowest BCUT2D eigenvalue weighted by Crippen LogP contribution is -2.31. The molecule has 3 rings (SSSR count). The molecular formula is C16H16ClN5O2. The molecule has 2 aromatic heterocycles. The molecule has 8 heteroatoms. The lowest BCUT2D eigenvalue weighted by atomic mass is 10.3. The number of fused-ring (bicyclic) bond motifs is 1. The molecule has 0 saturated heterocycles. The lowest BCUT2D eigenvalue weighted by molar-refractivity contribution is 0.0762. The number of carbonyl (C=O) groups excluding carboxylic acids is 1. The van der Waals surface area contributed by atoms with Crippen LogP contribution in [0.15, 0.2) is 36.5 Å². The molecule has 0 saturated carbocycles. The maximum absolute atomic E-state index is 12.4. The maximum Gasteiger partial charge on any atom is 0.293 e. The molecule has 0 aliphatic carbocycles. The van der Waals surface area contributed by atoms with E-state index in [1.54, 1.807) is 48.1 Å². The molecule has 1 amide bonds. The molecule has 0 fully saturated rings. The van der Waals surface area contributed by atoms with Gasteiger partial charge in [-0.05, 0) is 37.3 Å². The topological polar surface area (TPSA) is 72.6 Å². The fourth-order valence-electron chi connectivity index (χ4n) is 2.10. The van der Waals surface area contributed by atoms with Crippen LogP contribution in [0.4, 0.5) is 0 Å². The quantitative estimate of drug-likeness (QED) is 0.709. The highest BCUT2D eigenvalue weighted by Crippen LogP contribution is 2.15. The summed E-state index contributed by atoms with van der Waals surface area (Å²) < 4.78 is 7.13. The first-order chi connectivity index (χ1) is 11.5. The van der Waals surface area contributed by atoms with Crippen molar-refractivity contribution in [1.29, 1.82) is 0 Å². The third-order valence-corrected chi connectivity index (χ3v) is 3.73. The third kappa shape index (κ3) is 3.46. The Balaban J connectivity index is 1.61. The Kier molecular flexibility index (Phi) is 4.61. The molecule has 7 nitrogen and oxygen atoms in total. The van der Waals surface area contributed by atoms with Crippen LogP contribution in [0.25, 0.3) is 5.78 Å². The van der Waals surface area contributed by atoms with E-state index < -0.39 is 0 Å². The van der Waals surface area contributed by atoms with E-state index >= 15 is 0 Å². The van der Waals surface area contributed by atoms with Crippen molar-refractivity contribution in [2.45, 2.75) is 6.92 Å². The summed E-state index contributed by atoms with van der Waals surface area (Å²) in [6.07, 6.45) is 1.64. The van der Waals surface area contributed by atoms with Crippen LogP contribution in [0.1, 0.15) is 16.3 Å². The van der Waals surface area contributed by atoms with Gasteiger partial charge in [0.1, 0.15) is 12.4 Å². The number of benzene rings is 1. The highest BCUT2D eigenvalue weighted by molar-refractivity contribution is 6.30. The van der Waals surface area contributed by atoms with Crippen LogP contribution in [0.5, 0.6) is 5.75 Å². The van der Waals surface area contributed by atoms with Crippen molar-refractivity contribution in [3.63, 3.8) is 0 Å². The molecule has 0 radical (unpaired) electrons. The molecule has 124 valence electrons. The normalized spacial score (nSPS) is 10.8. The Morgan fingerprint density at radius 1 is 1.29 bits per heavy atom. The minimum absolute atomic E-state index is 0.116. The molecule has 3 aromatic rings. The van der Waals surface area contributed by atoms with Crippen LogP contribution >= 0.6 is 11.6 Å². The van der Waals surface area contributed by atoms with E-state index in [1.807, 2.05) is 6.92 Å². The predicted molar refractivity (Wildman–Crippen MR) is 89.4 cm³/mol. The van der Waals surface area contributed by atoms with Crippen LogP contribution in [-0.4, -0.2) is 50.6 Å². The second kappa shape index (κ2) is 6.84. The molecule has 0 spiro atoms. The van der Waals surface area contributed by atoms with Crippen molar-refractivity contribution in [2.75, 3.05) is 20.2 Å². The summed E-state index contributed by atoms with van der Waals surface area (Å²) in [4.78, 5) is 22.2. The summed E-state index contributed by atoms with van der Waals surface area (Å²) >= 11 is 5.82. The van der Waals surface area contributed by atoms with E-state index in [2.05, 4.69) is 15.1 Å². The lowest BCUT2D eigenvalue weighted by Gasteiger charge is -2.15. The van der Waals surface area contributed by atoms with Crippen LogP contribution in [0.3, 0.4) is 0 Å². The van der Waals surface area contributed by atoms with Crippen molar-refractivity contribution in [3.8, 4) is 5.75 Å². The van der Waals surface area contributed by atoms with Gasteiger partial charge in [-0.25, -0.2) is 9.50 Å². The van der Waals surface area contributed by atoms with Crippen LogP contribution in [0.2, 0.25) is 5.02 Å². The first-order valence-electron chi connectivity index (χ1n) is 7.37. The SMILES string of the molecule is Cc1ccnc2nc(C(=O)N(C)CCOc3ccc(Cl)cc3)nn12. The number of likely N-dealkylation sites (N-methyl/N-ethyl adjacent to an activating group) is 1. The van der Waals surface area contributed by atoms with E-state index in [0.29, 0.717) is 29.7 Å². The van der Waals surface area contributed by atoms with Crippen molar-refractivity contribution in [1.82, 2.24) is 24.5 Å². The van der Waals surface area contributed by atoms with E-state index in [9.17, 15) is 4.79 Å². The van der Waals surface area contributed by atoms with Crippen LogP contribution in [-0.2, 0) is 0 Å². The molecule has 0 N–H and O–H groups in total.